The van der Waals surface area contributed by atoms with Crippen LogP contribution in [0.5, 0.6) is 11.5 Å². The fourth-order valence-electron chi connectivity index (χ4n) is 5.36. The highest BCUT2D eigenvalue weighted by molar-refractivity contribution is 5.94. The topological polar surface area (TPSA) is 62.3 Å². The summed E-state index contributed by atoms with van der Waals surface area (Å²) in [4.78, 5) is 32.7. The molecule has 7 heteroatoms. The van der Waals surface area contributed by atoms with Gasteiger partial charge in [0.25, 0.3) is 5.91 Å². The number of hydrogen-bond acceptors (Lipinski definition) is 5. The normalized spacial score (nSPS) is 16.9. The predicted molar refractivity (Wildman–Crippen MR) is 151 cm³/mol. The summed E-state index contributed by atoms with van der Waals surface area (Å²) in [7, 11) is 3.30. The van der Waals surface area contributed by atoms with Gasteiger partial charge in [-0.05, 0) is 43.2 Å². The summed E-state index contributed by atoms with van der Waals surface area (Å²) >= 11 is 0. The van der Waals surface area contributed by atoms with E-state index in [4.69, 9.17) is 9.47 Å². The number of carbonyl (C=O) groups is 2. The molecule has 0 N–H and O–H groups in total. The number of carbonyl (C=O) groups excluding carboxylic acids is 2. The van der Waals surface area contributed by atoms with Crippen LogP contribution in [0, 0.1) is 5.92 Å². The summed E-state index contributed by atoms with van der Waals surface area (Å²) in [5.74, 6) is 2.06. The number of nitrogens with zero attached hydrogens (tertiary/aromatic N) is 3. The Morgan fingerprint density at radius 1 is 0.921 bits per heavy atom. The number of benzene rings is 2. The number of hydrogen-bond donors (Lipinski definition) is 0. The molecular formula is C31H41N3O4. The van der Waals surface area contributed by atoms with E-state index in [1.807, 2.05) is 64.4 Å². The van der Waals surface area contributed by atoms with Crippen LogP contribution in [-0.2, 0) is 4.79 Å². The van der Waals surface area contributed by atoms with Crippen LogP contribution < -0.4 is 9.47 Å². The lowest BCUT2D eigenvalue weighted by molar-refractivity contribution is -0.136. The molecule has 2 aromatic rings. The maximum Gasteiger partial charge on any atom is 0.253 e. The van der Waals surface area contributed by atoms with Gasteiger partial charge in [0.15, 0.2) is 0 Å². The zero-order chi connectivity index (χ0) is 26.7. The summed E-state index contributed by atoms with van der Waals surface area (Å²) in [6.45, 7) is 5.09. The van der Waals surface area contributed by atoms with Crippen molar-refractivity contribution in [2.24, 2.45) is 5.92 Å². The zero-order valence-electron chi connectivity index (χ0n) is 22.8. The van der Waals surface area contributed by atoms with Crippen LogP contribution in [0.3, 0.4) is 0 Å². The third kappa shape index (κ3) is 7.38. The molecule has 2 aliphatic rings. The van der Waals surface area contributed by atoms with Crippen LogP contribution in [0.2, 0.25) is 0 Å². The van der Waals surface area contributed by atoms with Crippen LogP contribution in [-0.4, -0.2) is 86.5 Å². The molecule has 7 nitrogen and oxygen atoms in total. The van der Waals surface area contributed by atoms with Crippen LogP contribution in [0.15, 0.2) is 54.6 Å². The Kier molecular flexibility index (Phi) is 10.2. The lowest BCUT2D eigenvalue weighted by Crippen LogP contribution is -2.51. The first-order valence-corrected chi connectivity index (χ1v) is 13.8. The molecule has 0 radical (unpaired) electrons. The molecule has 0 unspecified atom stereocenters. The minimum absolute atomic E-state index is 0.0582. The summed E-state index contributed by atoms with van der Waals surface area (Å²) in [5, 5.41) is 0. The first-order chi connectivity index (χ1) is 18.6. The number of rotatable bonds is 10. The molecule has 1 saturated heterocycles. The van der Waals surface area contributed by atoms with E-state index >= 15 is 0 Å². The first kappa shape index (κ1) is 27.7. The summed E-state index contributed by atoms with van der Waals surface area (Å²) in [6.07, 6.45) is 9.64. The Labute approximate surface area is 227 Å². The molecule has 1 saturated carbocycles. The largest absolute Gasteiger partial charge is 0.497 e. The Balaban J connectivity index is 1.32. The van der Waals surface area contributed by atoms with Crippen molar-refractivity contribution in [2.45, 2.75) is 32.1 Å². The minimum Gasteiger partial charge on any atom is -0.497 e. The summed E-state index contributed by atoms with van der Waals surface area (Å²) in [6, 6.07) is 15.2. The number of ether oxygens (including phenoxy) is 2. The molecule has 2 fully saturated rings. The lowest BCUT2D eigenvalue weighted by atomic mass is 9.88. The number of methoxy groups -OCH3 is 2. The van der Waals surface area contributed by atoms with Gasteiger partial charge in [-0.3, -0.25) is 14.5 Å². The highest BCUT2D eigenvalue weighted by Crippen LogP contribution is 2.26. The van der Waals surface area contributed by atoms with Crippen LogP contribution in [0.25, 0.3) is 6.08 Å². The number of amides is 2. The van der Waals surface area contributed by atoms with Gasteiger partial charge in [0, 0.05) is 62.9 Å². The Morgan fingerprint density at radius 3 is 2.32 bits per heavy atom. The molecule has 4 rings (SSSR count). The number of piperazine rings is 1. The second-order valence-corrected chi connectivity index (χ2v) is 10.1. The molecule has 1 aliphatic heterocycles. The first-order valence-electron chi connectivity index (χ1n) is 13.8. The van der Waals surface area contributed by atoms with E-state index in [9.17, 15) is 9.59 Å². The van der Waals surface area contributed by atoms with Crippen molar-refractivity contribution in [3.63, 3.8) is 0 Å². The zero-order valence-corrected chi connectivity index (χ0v) is 22.8. The van der Waals surface area contributed by atoms with Gasteiger partial charge in [0.05, 0.1) is 14.2 Å². The maximum absolute atomic E-state index is 13.5. The molecule has 38 heavy (non-hydrogen) atoms. The van der Waals surface area contributed by atoms with Gasteiger partial charge in [0.1, 0.15) is 11.5 Å². The Morgan fingerprint density at radius 2 is 1.63 bits per heavy atom. The SMILES string of the molecule is COc1ccc(C(=O)N2CCN(CCN(C/C=C/c3ccccc3OC)C(=O)C3CCCCC3)CC2)cc1. The Bertz CT molecular complexity index is 1070. The van der Waals surface area contributed by atoms with Gasteiger partial charge >= 0.3 is 0 Å². The smallest absolute Gasteiger partial charge is 0.253 e. The van der Waals surface area contributed by atoms with Crippen molar-refractivity contribution in [1.82, 2.24) is 14.7 Å². The Hall–Kier alpha value is -3.32. The van der Waals surface area contributed by atoms with Gasteiger partial charge in [-0.15, -0.1) is 0 Å². The molecule has 0 spiro atoms. The number of para-hydroxylation sites is 1. The van der Waals surface area contributed by atoms with E-state index in [2.05, 4.69) is 11.0 Å². The fourth-order valence-corrected chi connectivity index (χ4v) is 5.36. The third-order valence-corrected chi connectivity index (χ3v) is 7.71. The van der Waals surface area contributed by atoms with E-state index < -0.39 is 0 Å². The van der Waals surface area contributed by atoms with Crippen LogP contribution >= 0.6 is 0 Å². The average Bonchev–Trinajstić information content (AvgIpc) is 2.99. The lowest BCUT2D eigenvalue weighted by Gasteiger charge is -2.36. The van der Waals surface area contributed by atoms with Gasteiger partial charge in [-0.2, -0.15) is 0 Å². The van der Waals surface area contributed by atoms with Gasteiger partial charge < -0.3 is 19.3 Å². The van der Waals surface area contributed by atoms with E-state index in [1.165, 1.54) is 6.42 Å². The van der Waals surface area contributed by atoms with Gasteiger partial charge in [-0.1, -0.05) is 49.6 Å². The average molecular weight is 520 g/mol. The van der Waals surface area contributed by atoms with E-state index in [0.29, 0.717) is 31.7 Å². The maximum atomic E-state index is 13.5. The summed E-state index contributed by atoms with van der Waals surface area (Å²) < 4.78 is 10.7. The van der Waals surface area contributed by atoms with E-state index in [1.54, 1.807) is 14.2 Å². The van der Waals surface area contributed by atoms with Crippen molar-refractivity contribution >= 4 is 17.9 Å². The standard InChI is InChI=1S/C31H41N3O4/c1-37-28-16-14-27(15-17-28)31(36)34-23-20-32(21-24-34)19-22-33(30(35)26-10-4-3-5-11-26)18-8-12-25-9-6-7-13-29(25)38-2/h6-9,12-17,26H,3-5,10-11,18-24H2,1-2H3/b12-8+. The predicted octanol–water partition coefficient (Wildman–Crippen LogP) is 4.58. The van der Waals surface area contributed by atoms with Gasteiger partial charge in [0.2, 0.25) is 5.91 Å². The molecule has 1 aliphatic carbocycles. The molecule has 2 amide bonds. The second kappa shape index (κ2) is 14.0. The van der Waals surface area contributed by atoms with Crippen LogP contribution in [0.4, 0.5) is 0 Å². The highest BCUT2D eigenvalue weighted by Gasteiger charge is 2.27. The second-order valence-electron chi connectivity index (χ2n) is 10.1. The quantitative estimate of drug-likeness (QED) is 0.460. The van der Waals surface area contributed by atoms with Crippen molar-refractivity contribution in [3.05, 3.63) is 65.7 Å². The molecule has 0 bridgehead atoms. The van der Waals surface area contributed by atoms with Crippen molar-refractivity contribution < 1.29 is 19.1 Å². The summed E-state index contributed by atoms with van der Waals surface area (Å²) in [5.41, 5.74) is 1.70. The van der Waals surface area contributed by atoms with E-state index in [0.717, 1.165) is 62.4 Å². The molecule has 1 heterocycles. The van der Waals surface area contributed by atoms with E-state index in [-0.39, 0.29) is 17.7 Å². The monoisotopic (exact) mass is 519 g/mol. The third-order valence-electron chi connectivity index (χ3n) is 7.71. The van der Waals surface area contributed by atoms with Crippen molar-refractivity contribution in [3.8, 4) is 11.5 Å². The fraction of sp³-hybridized carbons (Fsp3) is 0.484. The highest BCUT2D eigenvalue weighted by atomic mass is 16.5. The molecule has 204 valence electrons. The molecule has 2 aromatic carbocycles. The van der Waals surface area contributed by atoms with Crippen molar-refractivity contribution in [1.29, 1.82) is 0 Å². The minimum atomic E-state index is 0.0582. The van der Waals surface area contributed by atoms with Crippen molar-refractivity contribution in [2.75, 3.05) is 60.0 Å². The van der Waals surface area contributed by atoms with Crippen LogP contribution in [0.1, 0.15) is 48.0 Å². The van der Waals surface area contributed by atoms with Gasteiger partial charge in [-0.25, -0.2) is 0 Å². The molecular weight excluding hydrogens is 478 g/mol. The molecule has 0 aromatic heterocycles. The molecule has 0 atom stereocenters.